The van der Waals surface area contributed by atoms with Crippen LogP contribution < -0.4 is 16.0 Å². The molecule has 2 fully saturated rings. The van der Waals surface area contributed by atoms with E-state index in [1.165, 1.54) is 16.7 Å². The first-order chi connectivity index (χ1) is 31.3. The minimum atomic E-state index is -1.26. The Hall–Kier alpha value is -5.49. The molecule has 2 saturated heterocycles. The molecule has 0 radical (unpaired) electrons. The summed E-state index contributed by atoms with van der Waals surface area (Å²) in [6.07, 6.45) is 2.41. The number of nitrogens with zero attached hydrogens (tertiary/aromatic N) is 5. The number of benzene rings is 1. The number of hydrogen-bond acceptors (Lipinski definition) is 15. The maximum absolute atomic E-state index is 13.4. The summed E-state index contributed by atoms with van der Waals surface area (Å²) >= 11 is 1.46. The molecule has 1 unspecified atom stereocenters. The highest BCUT2D eigenvalue weighted by Crippen LogP contribution is 2.19. The molecule has 0 saturated carbocycles. The van der Waals surface area contributed by atoms with Crippen molar-refractivity contribution in [1.29, 1.82) is 0 Å². The van der Waals surface area contributed by atoms with Crippen LogP contribution in [0.3, 0.4) is 0 Å². The molecular weight excluding hydrogens is 885 g/mol. The largest absolute Gasteiger partial charge is 0.480 e. The third-order valence-electron chi connectivity index (χ3n) is 11.2. The Morgan fingerprint density at radius 3 is 1.73 bits per heavy atom. The zero-order valence-corrected chi connectivity index (χ0v) is 38.4. The van der Waals surface area contributed by atoms with Crippen molar-refractivity contribution in [3.8, 4) is 0 Å². The minimum absolute atomic E-state index is 0.0296. The average Bonchev–Trinajstić information content (AvgIpc) is 3.50. The topological polar surface area (TPSA) is 304 Å². The summed E-state index contributed by atoms with van der Waals surface area (Å²) in [6, 6.07) is 4.23. The summed E-state index contributed by atoms with van der Waals surface area (Å²) in [7, 11) is 0. The van der Waals surface area contributed by atoms with Gasteiger partial charge in [0.25, 0.3) is 5.91 Å². The first kappa shape index (κ1) is 54.8. The quantitative estimate of drug-likeness (QED) is 0.0438. The van der Waals surface area contributed by atoms with Crippen LogP contribution in [-0.4, -0.2) is 213 Å². The second kappa shape index (κ2) is 28.5. The molecule has 1 aromatic carbocycles. The normalized spacial score (nSPS) is 18.1. The summed E-state index contributed by atoms with van der Waals surface area (Å²) < 4.78 is 0. The lowest BCUT2D eigenvalue weighted by Crippen LogP contribution is -2.49. The molecule has 2 heterocycles. The maximum Gasteiger partial charge on any atom is 0.326 e. The van der Waals surface area contributed by atoms with E-state index in [0.717, 1.165) is 0 Å². The van der Waals surface area contributed by atoms with Gasteiger partial charge in [-0.3, -0.25) is 67.7 Å². The molecule has 3 atom stereocenters. The van der Waals surface area contributed by atoms with Crippen LogP contribution in [0.25, 0.3) is 0 Å². The van der Waals surface area contributed by atoms with Gasteiger partial charge in [-0.15, -0.1) is 0 Å². The predicted octanol–water partition coefficient (Wildman–Crippen LogP) is -0.886. The van der Waals surface area contributed by atoms with E-state index in [4.69, 9.17) is 0 Å². The van der Waals surface area contributed by atoms with E-state index in [2.05, 4.69) is 16.0 Å². The van der Waals surface area contributed by atoms with Gasteiger partial charge in [0.2, 0.25) is 23.6 Å². The molecule has 7 N–H and O–H groups in total. The molecule has 2 aliphatic rings. The Morgan fingerprint density at radius 1 is 0.697 bits per heavy atom. The number of rotatable bonds is 26. The highest BCUT2D eigenvalue weighted by Gasteiger charge is 2.35. The molecule has 66 heavy (non-hydrogen) atoms. The molecule has 0 aromatic heterocycles. The number of amides is 5. The second-order valence-electron chi connectivity index (χ2n) is 16.5. The molecule has 0 bridgehead atoms. The van der Waals surface area contributed by atoms with Gasteiger partial charge >= 0.3 is 23.9 Å². The van der Waals surface area contributed by atoms with Gasteiger partial charge in [0.15, 0.2) is 5.78 Å². The van der Waals surface area contributed by atoms with E-state index >= 15 is 0 Å². The van der Waals surface area contributed by atoms with Gasteiger partial charge in [0, 0.05) is 96.2 Å². The van der Waals surface area contributed by atoms with Gasteiger partial charge < -0.3 is 36.4 Å². The number of carbonyl (C=O) groups excluding carboxylic acids is 6. The van der Waals surface area contributed by atoms with Crippen LogP contribution in [0.4, 0.5) is 0 Å². The van der Waals surface area contributed by atoms with Crippen molar-refractivity contribution in [1.82, 2.24) is 40.4 Å². The first-order valence-electron chi connectivity index (χ1n) is 21.9. The molecule has 366 valence electrons. The SMILES string of the molecule is CSCC[C@H](NC(=O)c1cccc(CNC(=O)CN2CCN(CC(=O)O)CCN(CC(=O)O)CCN(CC(=O)O)CC2)c1)C(=O)CCC(=O)N[C@@H](CCCCN1C(=O)CC(C)C1=O)C(=O)O. The zero-order valence-electron chi connectivity index (χ0n) is 37.6. The van der Waals surface area contributed by atoms with Crippen molar-refractivity contribution in [2.75, 3.05) is 97.1 Å². The number of thioether (sulfide) groups is 1. The van der Waals surface area contributed by atoms with Crippen molar-refractivity contribution >= 4 is 71.0 Å². The van der Waals surface area contributed by atoms with Crippen LogP contribution in [0.2, 0.25) is 0 Å². The van der Waals surface area contributed by atoms with Gasteiger partial charge in [-0.2, -0.15) is 11.8 Å². The smallest absolute Gasteiger partial charge is 0.326 e. The number of nitrogens with one attached hydrogen (secondary N) is 3. The molecule has 0 spiro atoms. The standard InChI is InChI=1S/C43H64N8O14S/c1-29-22-37(55)51(42(29)63)12-4-3-8-33(43(64)65)45-35(53)10-9-34(52)32(11-21-66-2)46-41(62)31-7-5-6-30(23-31)24-44-36(54)25-47-13-15-48(26-38(56)57)17-19-50(28-40(60)61)20-18-49(16-14-47)27-39(58)59/h5-7,23,29,32-33H,3-4,8-22,24-28H2,1-2H3,(H,44,54)(H,45,53)(H,46,62)(H,56,57)(H,58,59)(H,60,61)(H,64,65)/t29?,32-,33-/m0/s1. The molecule has 1 aromatic rings. The van der Waals surface area contributed by atoms with E-state index in [9.17, 15) is 68.4 Å². The second-order valence-corrected chi connectivity index (χ2v) is 17.5. The van der Waals surface area contributed by atoms with E-state index in [0.29, 0.717) is 24.2 Å². The van der Waals surface area contributed by atoms with E-state index in [1.807, 2.05) is 6.26 Å². The van der Waals surface area contributed by atoms with Crippen molar-refractivity contribution < 1.29 is 68.4 Å². The van der Waals surface area contributed by atoms with E-state index < -0.39 is 53.6 Å². The van der Waals surface area contributed by atoms with Gasteiger partial charge in [-0.25, -0.2) is 4.79 Å². The maximum atomic E-state index is 13.4. The van der Waals surface area contributed by atoms with Crippen molar-refractivity contribution in [3.63, 3.8) is 0 Å². The summed E-state index contributed by atoms with van der Waals surface area (Å²) in [6.45, 7) is 2.82. The molecule has 23 heteroatoms. The summed E-state index contributed by atoms with van der Waals surface area (Å²) in [4.78, 5) is 131. The van der Waals surface area contributed by atoms with Crippen molar-refractivity contribution in [2.45, 2.75) is 70.5 Å². The molecule has 5 amide bonds. The fraction of sp³-hybridized carbons (Fsp3) is 0.628. The van der Waals surface area contributed by atoms with Crippen molar-refractivity contribution in [3.05, 3.63) is 35.4 Å². The molecular formula is C43H64N8O14S. The summed E-state index contributed by atoms with van der Waals surface area (Å²) in [5.41, 5.74) is 0.779. The lowest BCUT2D eigenvalue weighted by atomic mass is 10.0. The van der Waals surface area contributed by atoms with E-state index in [-0.39, 0.29) is 153 Å². The number of likely N-dealkylation sites (tertiary alicyclic amines) is 1. The summed E-state index contributed by atoms with van der Waals surface area (Å²) in [5, 5.41) is 46.1. The van der Waals surface area contributed by atoms with Gasteiger partial charge in [-0.05, 0) is 55.4 Å². The van der Waals surface area contributed by atoms with Crippen LogP contribution in [0.1, 0.15) is 67.8 Å². The van der Waals surface area contributed by atoms with Crippen molar-refractivity contribution in [2.24, 2.45) is 5.92 Å². The van der Waals surface area contributed by atoms with Crippen LogP contribution in [0.15, 0.2) is 24.3 Å². The van der Waals surface area contributed by atoms with E-state index in [1.54, 1.807) is 50.8 Å². The molecule has 0 aliphatic carbocycles. The number of imide groups is 1. The molecule has 22 nitrogen and oxygen atoms in total. The fourth-order valence-corrected chi connectivity index (χ4v) is 7.97. The molecule has 3 rings (SSSR count). The summed E-state index contributed by atoms with van der Waals surface area (Å²) in [5.74, 6) is -6.87. The third-order valence-corrected chi connectivity index (χ3v) is 11.8. The number of hydrogen-bond donors (Lipinski definition) is 7. The van der Waals surface area contributed by atoms with Crippen LogP contribution in [0.5, 0.6) is 0 Å². The van der Waals surface area contributed by atoms with Gasteiger partial charge in [-0.1, -0.05) is 19.1 Å². The highest BCUT2D eigenvalue weighted by molar-refractivity contribution is 7.98. The predicted molar refractivity (Wildman–Crippen MR) is 239 cm³/mol. The van der Waals surface area contributed by atoms with Gasteiger partial charge in [0.1, 0.15) is 6.04 Å². The average molecular weight is 949 g/mol. The van der Waals surface area contributed by atoms with Crippen LogP contribution in [0, 0.1) is 5.92 Å². The number of unbranched alkanes of at least 4 members (excludes halogenated alkanes) is 1. The Morgan fingerprint density at radius 2 is 1.24 bits per heavy atom. The lowest BCUT2D eigenvalue weighted by molar-refractivity contribution is -0.142. The van der Waals surface area contributed by atoms with Crippen LogP contribution in [-0.2, 0) is 49.7 Å². The Bertz CT molecular complexity index is 1860. The lowest BCUT2D eigenvalue weighted by Gasteiger charge is -2.32. The highest BCUT2D eigenvalue weighted by atomic mass is 32.2. The number of ketones is 1. The van der Waals surface area contributed by atoms with Gasteiger partial charge in [0.05, 0.1) is 32.2 Å². The zero-order chi connectivity index (χ0) is 48.8. The number of Topliss-reactive ketones (excluding diaryl/α,β-unsaturated/α-hetero) is 1. The number of aliphatic carboxylic acids is 4. The Kier molecular flexibility index (Phi) is 23.7. The fourth-order valence-electron chi connectivity index (χ4n) is 7.49. The molecule has 2 aliphatic heterocycles. The first-order valence-corrected chi connectivity index (χ1v) is 23.3. The van der Waals surface area contributed by atoms with Crippen LogP contribution >= 0.6 is 11.8 Å². The minimum Gasteiger partial charge on any atom is -0.480 e. The monoisotopic (exact) mass is 948 g/mol. The number of carboxylic acids is 4. The third kappa shape index (κ3) is 20.4. The Labute approximate surface area is 387 Å². The number of carboxylic acid groups (broad SMARTS) is 4. The number of carbonyl (C=O) groups is 10. The Balaban J connectivity index is 1.55.